The number of piperidine rings is 1. The maximum atomic E-state index is 11.9. The Kier molecular flexibility index (Phi) is 4.22. The van der Waals surface area contributed by atoms with Crippen molar-refractivity contribution in [1.29, 1.82) is 0 Å². The van der Waals surface area contributed by atoms with E-state index in [1.54, 1.807) is 0 Å². The largest absolute Gasteiger partial charge is 0.353 e. The topological polar surface area (TPSA) is 41.1 Å². The third kappa shape index (κ3) is 3.21. The first kappa shape index (κ1) is 11.9. The Morgan fingerprint density at radius 1 is 1.31 bits per heavy atom. The smallest absolute Gasteiger partial charge is 0.220 e. The molecule has 0 aromatic carbocycles. The number of carbonyl (C=O) groups is 1. The van der Waals surface area contributed by atoms with Gasteiger partial charge in [-0.2, -0.15) is 0 Å². The van der Waals surface area contributed by atoms with Crippen molar-refractivity contribution in [1.82, 2.24) is 10.6 Å². The molecule has 2 rings (SSSR count). The average molecular weight is 224 g/mol. The molecule has 1 saturated carbocycles. The van der Waals surface area contributed by atoms with Crippen molar-refractivity contribution in [2.75, 3.05) is 13.1 Å². The summed E-state index contributed by atoms with van der Waals surface area (Å²) >= 11 is 0. The van der Waals surface area contributed by atoms with Gasteiger partial charge in [0.25, 0.3) is 0 Å². The highest BCUT2D eigenvalue weighted by molar-refractivity contribution is 5.76. The highest BCUT2D eigenvalue weighted by atomic mass is 16.1. The Morgan fingerprint density at radius 2 is 2.19 bits per heavy atom. The molecule has 92 valence electrons. The zero-order chi connectivity index (χ0) is 11.4. The molecule has 3 nitrogen and oxygen atoms in total. The summed E-state index contributed by atoms with van der Waals surface area (Å²) in [5.41, 5.74) is 0. The van der Waals surface area contributed by atoms with Gasteiger partial charge in [0.15, 0.2) is 0 Å². The van der Waals surface area contributed by atoms with Crippen LogP contribution in [0.2, 0.25) is 0 Å². The van der Waals surface area contributed by atoms with Crippen LogP contribution in [0.3, 0.4) is 0 Å². The fourth-order valence-corrected chi connectivity index (χ4v) is 2.99. The predicted molar refractivity (Wildman–Crippen MR) is 65.2 cm³/mol. The predicted octanol–water partition coefficient (Wildman–Crippen LogP) is 1.68. The van der Waals surface area contributed by atoms with Crippen LogP contribution in [0, 0.1) is 11.8 Å². The molecule has 2 N–H and O–H groups in total. The Bertz CT molecular complexity index is 236. The summed E-state index contributed by atoms with van der Waals surface area (Å²) in [6.45, 7) is 4.39. The quantitative estimate of drug-likeness (QED) is 0.766. The standard InChI is InChI=1S/C13H24N2O/c1-10-4-2-6-12(10)15-13(16)8-11-5-3-7-14-9-11/h10-12,14H,2-9H2,1H3,(H,15,16). The van der Waals surface area contributed by atoms with E-state index in [0.717, 1.165) is 19.5 Å². The number of hydrogen-bond acceptors (Lipinski definition) is 2. The molecular weight excluding hydrogens is 200 g/mol. The molecule has 1 amide bonds. The van der Waals surface area contributed by atoms with Crippen molar-refractivity contribution in [2.24, 2.45) is 11.8 Å². The number of rotatable bonds is 3. The third-order valence-corrected chi connectivity index (χ3v) is 4.08. The van der Waals surface area contributed by atoms with E-state index in [4.69, 9.17) is 0 Å². The lowest BCUT2D eigenvalue weighted by Gasteiger charge is -2.24. The van der Waals surface area contributed by atoms with Gasteiger partial charge < -0.3 is 10.6 Å². The normalized spacial score (nSPS) is 34.9. The lowest BCUT2D eigenvalue weighted by molar-refractivity contribution is -0.123. The van der Waals surface area contributed by atoms with Gasteiger partial charge in [-0.25, -0.2) is 0 Å². The molecule has 1 aliphatic carbocycles. The molecule has 3 atom stereocenters. The second kappa shape index (κ2) is 5.67. The molecule has 2 fully saturated rings. The van der Waals surface area contributed by atoms with Crippen molar-refractivity contribution < 1.29 is 4.79 Å². The van der Waals surface area contributed by atoms with Gasteiger partial charge >= 0.3 is 0 Å². The monoisotopic (exact) mass is 224 g/mol. The molecular formula is C13H24N2O. The van der Waals surface area contributed by atoms with Gasteiger partial charge in [0, 0.05) is 12.5 Å². The fraction of sp³-hybridized carbons (Fsp3) is 0.923. The first-order valence-corrected chi connectivity index (χ1v) is 6.76. The van der Waals surface area contributed by atoms with Gasteiger partial charge in [-0.1, -0.05) is 13.3 Å². The molecule has 0 spiro atoms. The summed E-state index contributed by atoms with van der Waals surface area (Å²) in [5.74, 6) is 1.51. The summed E-state index contributed by atoms with van der Waals surface area (Å²) < 4.78 is 0. The Labute approximate surface area is 98.4 Å². The van der Waals surface area contributed by atoms with E-state index in [1.807, 2.05) is 0 Å². The van der Waals surface area contributed by atoms with E-state index >= 15 is 0 Å². The highest BCUT2D eigenvalue weighted by Crippen LogP contribution is 2.25. The first-order chi connectivity index (χ1) is 7.75. The van der Waals surface area contributed by atoms with Crippen LogP contribution in [0.15, 0.2) is 0 Å². The van der Waals surface area contributed by atoms with Crippen LogP contribution in [-0.4, -0.2) is 25.0 Å². The van der Waals surface area contributed by atoms with E-state index in [9.17, 15) is 4.79 Å². The van der Waals surface area contributed by atoms with E-state index in [2.05, 4.69) is 17.6 Å². The van der Waals surface area contributed by atoms with Gasteiger partial charge in [-0.05, 0) is 50.6 Å². The molecule has 0 aromatic heterocycles. The molecule has 0 aromatic rings. The number of nitrogens with one attached hydrogen (secondary N) is 2. The van der Waals surface area contributed by atoms with Gasteiger partial charge in [0.05, 0.1) is 0 Å². The Hall–Kier alpha value is -0.570. The van der Waals surface area contributed by atoms with Crippen molar-refractivity contribution in [3.63, 3.8) is 0 Å². The molecule has 1 heterocycles. The van der Waals surface area contributed by atoms with E-state index < -0.39 is 0 Å². The van der Waals surface area contributed by atoms with Crippen LogP contribution in [0.5, 0.6) is 0 Å². The Balaban J connectivity index is 1.70. The fourth-order valence-electron chi connectivity index (χ4n) is 2.99. The van der Waals surface area contributed by atoms with Crippen molar-refractivity contribution in [2.45, 2.75) is 51.5 Å². The van der Waals surface area contributed by atoms with Crippen molar-refractivity contribution >= 4 is 5.91 Å². The zero-order valence-electron chi connectivity index (χ0n) is 10.3. The van der Waals surface area contributed by atoms with Crippen LogP contribution in [0.4, 0.5) is 0 Å². The number of carbonyl (C=O) groups excluding carboxylic acids is 1. The first-order valence-electron chi connectivity index (χ1n) is 6.76. The molecule has 3 unspecified atom stereocenters. The van der Waals surface area contributed by atoms with Gasteiger partial charge in [0.2, 0.25) is 5.91 Å². The summed E-state index contributed by atoms with van der Waals surface area (Å²) in [5, 5.41) is 6.57. The van der Waals surface area contributed by atoms with Gasteiger partial charge in [-0.3, -0.25) is 4.79 Å². The van der Waals surface area contributed by atoms with Gasteiger partial charge in [0.1, 0.15) is 0 Å². The molecule has 0 radical (unpaired) electrons. The maximum absolute atomic E-state index is 11.9. The minimum atomic E-state index is 0.271. The van der Waals surface area contributed by atoms with Crippen molar-refractivity contribution in [3.8, 4) is 0 Å². The van der Waals surface area contributed by atoms with Crippen LogP contribution < -0.4 is 10.6 Å². The minimum absolute atomic E-state index is 0.271. The summed E-state index contributed by atoms with van der Waals surface area (Å²) in [6, 6.07) is 0.448. The van der Waals surface area contributed by atoms with Gasteiger partial charge in [-0.15, -0.1) is 0 Å². The van der Waals surface area contributed by atoms with Crippen LogP contribution in [0.1, 0.15) is 45.4 Å². The SMILES string of the molecule is CC1CCCC1NC(=O)CC1CCCNC1. The molecule has 16 heavy (non-hydrogen) atoms. The van der Waals surface area contributed by atoms with E-state index in [1.165, 1.54) is 32.1 Å². The second-order valence-electron chi connectivity index (χ2n) is 5.50. The van der Waals surface area contributed by atoms with Crippen molar-refractivity contribution in [3.05, 3.63) is 0 Å². The molecule has 0 bridgehead atoms. The van der Waals surface area contributed by atoms with Crippen LogP contribution >= 0.6 is 0 Å². The lowest BCUT2D eigenvalue weighted by Crippen LogP contribution is -2.39. The van der Waals surface area contributed by atoms with E-state index in [-0.39, 0.29) is 5.91 Å². The molecule has 1 aliphatic heterocycles. The zero-order valence-corrected chi connectivity index (χ0v) is 10.3. The maximum Gasteiger partial charge on any atom is 0.220 e. The lowest BCUT2D eigenvalue weighted by atomic mass is 9.95. The molecule has 2 aliphatic rings. The van der Waals surface area contributed by atoms with Crippen LogP contribution in [-0.2, 0) is 4.79 Å². The molecule has 3 heteroatoms. The third-order valence-electron chi connectivity index (χ3n) is 4.08. The van der Waals surface area contributed by atoms with Crippen LogP contribution in [0.25, 0.3) is 0 Å². The summed E-state index contributed by atoms with van der Waals surface area (Å²) in [6.07, 6.45) is 6.87. The highest BCUT2D eigenvalue weighted by Gasteiger charge is 2.25. The Morgan fingerprint density at radius 3 is 2.81 bits per heavy atom. The second-order valence-corrected chi connectivity index (χ2v) is 5.50. The molecule has 1 saturated heterocycles. The summed E-state index contributed by atoms with van der Waals surface area (Å²) in [4.78, 5) is 11.9. The number of hydrogen-bond donors (Lipinski definition) is 2. The average Bonchev–Trinajstić information content (AvgIpc) is 2.66. The minimum Gasteiger partial charge on any atom is -0.353 e. The van der Waals surface area contributed by atoms with E-state index in [0.29, 0.717) is 17.9 Å². The number of amides is 1. The summed E-state index contributed by atoms with van der Waals surface area (Å²) in [7, 11) is 0.